The van der Waals surface area contributed by atoms with Gasteiger partial charge in [-0.2, -0.15) is 0 Å². The van der Waals surface area contributed by atoms with Gasteiger partial charge >= 0.3 is 0 Å². The zero-order valence-corrected chi connectivity index (χ0v) is 11.2. The summed E-state index contributed by atoms with van der Waals surface area (Å²) in [6.07, 6.45) is 1.56. The molecule has 0 aromatic heterocycles. The van der Waals surface area contributed by atoms with Gasteiger partial charge in [-0.15, -0.1) is 0 Å². The first-order valence-electron chi connectivity index (χ1n) is 5.94. The molecule has 2 rings (SSSR count). The molecule has 1 aromatic carbocycles. The summed E-state index contributed by atoms with van der Waals surface area (Å²) < 4.78 is 31.7. The first-order valence-corrected chi connectivity index (χ1v) is 7.60. The van der Waals surface area contributed by atoms with Gasteiger partial charge in [0.2, 0.25) is 10.0 Å². The smallest absolute Gasteiger partial charge is 0.235 e. The Morgan fingerprint density at radius 3 is 2.89 bits per heavy atom. The highest BCUT2D eigenvalue weighted by Crippen LogP contribution is 2.19. The first-order chi connectivity index (χ1) is 8.46. The summed E-state index contributed by atoms with van der Waals surface area (Å²) in [6, 6.07) is 5.08. The fourth-order valence-electron chi connectivity index (χ4n) is 1.98. The first kappa shape index (κ1) is 13.2. The Hall–Kier alpha value is -1.27. The van der Waals surface area contributed by atoms with Gasteiger partial charge < -0.3 is 10.5 Å². The van der Waals surface area contributed by atoms with Crippen molar-refractivity contribution < 1.29 is 13.2 Å². The van der Waals surface area contributed by atoms with Crippen LogP contribution in [0, 0.1) is 6.92 Å². The standard InChI is InChI=1S/C12H18N2O3S/c1-9-7-10(4-5-12(9)13)14-18(15,16)8-11-3-2-6-17-11/h4-5,7,11,14H,2-3,6,8,13H2,1H3. The van der Waals surface area contributed by atoms with E-state index in [0.717, 1.165) is 18.4 Å². The van der Waals surface area contributed by atoms with Crippen LogP contribution in [0.4, 0.5) is 11.4 Å². The van der Waals surface area contributed by atoms with Crippen molar-refractivity contribution in [2.24, 2.45) is 0 Å². The fraction of sp³-hybridized carbons (Fsp3) is 0.500. The molecular formula is C12H18N2O3S. The third-order valence-electron chi connectivity index (χ3n) is 2.97. The average molecular weight is 270 g/mol. The monoisotopic (exact) mass is 270 g/mol. The molecule has 0 amide bonds. The van der Waals surface area contributed by atoms with Gasteiger partial charge in [-0.05, 0) is 43.5 Å². The van der Waals surface area contributed by atoms with Gasteiger partial charge in [0.15, 0.2) is 0 Å². The predicted octanol–water partition coefficient (Wildman–Crippen LogP) is 1.50. The number of aryl methyl sites for hydroxylation is 1. The lowest BCUT2D eigenvalue weighted by Gasteiger charge is -2.12. The molecule has 1 unspecified atom stereocenters. The predicted molar refractivity (Wildman–Crippen MR) is 72.0 cm³/mol. The van der Waals surface area contributed by atoms with Crippen LogP contribution < -0.4 is 10.5 Å². The summed E-state index contributed by atoms with van der Waals surface area (Å²) in [5, 5.41) is 0. The van der Waals surface area contributed by atoms with Crippen LogP contribution >= 0.6 is 0 Å². The number of hydrogen-bond acceptors (Lipinski definition) is 4. The molecule has 0 spiro atoms. The number of benzene rings is 1. The summed E-state index contributed by atoms with van der Waals surface area (Å²) in [7, 11) is -3.36. The highest BCUT2D eigenvalue weighted by atomic mass is 32.2. The van der Waals surface area contributed by atoms with Crippen molar-refractivity contribution in [2.45, 2.75) is 25.9 Å². The molecule has 1 heterocycles. The van der Waals surface area contributed by atoms with Crippen molar-refractivity contribution in [3.05, 3.63) is 23.8 Å². The number of nitrogens with one attached hydrogen (secondary N) is 1. The Balaban J connectivity index is 2.04. The Morgan fingerprint density at radius 1 is 1.50 bits per heavy atom. The van der Waals surface area contributed by atoms with E-state index in [-0.39, 0.29) is 11.9 Å². The van der Waals surface area contributed by atoms with E-state index in [2.05, 4.69) is 4.72 Å². The van der Waals surface area contributed by atoms with E-state index in [1.165, 1.54) is 0 Å². The quantitative estimate of drug-likeness (QED) is 0.812. The molecule has 6 heteroatoms. The largest absolute Gasteiger partial charge is 0.399 e. The second-order valence-electron chi connectivity index (χ2n) is 4.59. The summed E-state index contributed by atoms with van der Waals surface area (Å²) >= 11 is 0. The molecule has 0 saturated carbocycles. The molecule has 100 valence electrons. The molecule has 1 aliphatic rings. The molecule has 1 fully saturated rings. The number of ether oxygens (including phenoxy) is 1. The third-order valence-corrected chi connectivity index (χ3v) is 4.33. The van der Waals surface area contributed by atoms with E-state index >= 15 is 0 Å². The maximum absolute atomic E-state index is 11.9. The van der Waals surface area contributed by atoms with Crippen LogP contribution in [0.15, 0.2) is 18.2 Å². The molecule has 1 aromatic rings. The van der Waals surface area contributed by atoms with Crippen LogP contribution in [0.3, 0.4) is 0 Å². The molecule has 1 atom stereocenters. The topological polar surface area (TPSA) is 81.4 Å². The minimum atomic E-state index is -3.36. The van der Waals surface area contributed by atoms with Crippen molar-refractivity contribution in [2.75, 3.05) is 22.8 Å². The summed E-state index contributed by atoms with van der Waals surface area (Å²) in [5.41, 5.74) is 7.73. The molecule has 18 heavy (non-hydrogen) atoms. The van der Waals surface area contributed by atoms with Crippen LogP contribution in [-0.4, -0.2) is 26.9 Å². The number of hydrogen-bond donors (Lipinski definition) is 2. The highest BCUT2D eigenvalue weighted by Gasteiger charge is 2.23. The van der Waals surface area contributed by atoms with Crippen molar-refractivity contribution >= 4 is 21.4 Å². The number of nitrogens with two attached hydrogens (primary N) is 1. The van der Waals surface area contributed by atoms with Gasteiger partial charge in [0.05, 0.1) is 11.9 Å². The molecule has 0 radical (unpaired) electrons. The number of nitrogen functional groups attached to an aromatic ring is 1. The van der Waals surface area contributed by atoms with E-state index in [1.54, 1.807) is 18.2 Å². The maximum atomic E-state index is 11.9. The minimum absolute atomic E-state index is 0.0103. The molecule has 3 N–H and O–H groups in total. The Bertz CT molecular complexity index is 522. The molecule has 1 aliphatic heterocycles. The Morgan fingerprint density at radius 2 is 2.28 bits per heavy atom. The van der Waals surface area contributed by atoms with Gasteiger partial charge in [-0.25, -0.2) is 8.42 Å². The van der Waals surface area contributed by atoms with Gasteiger partial charge in [0.25, 0.3) is 0 Å². The van der Waals surface area contributed by atoms with E-state index in [1.807, 2.05) is 6.92 Å². The van der Waals surface area contributed by atoms with Crippen LogP contribution in [0.25, 0.3) is 0 Å². The van der Waals surface area contributed by atoms with Crippen molar-refractivity contribution in [1.29, 1.82) is 0 Å². The zero-order valence-electron chi connectivity index (χ0n) is 10.3. The SMILES string of the molecule is Cc1cc(NS(=O)(=O)CC2CCCO2)ccc1N. The molecule has 5 nitrogen and oxygen atoms in total. The average Bonchev–Trinajstić information content (AvgIpc) is 2.75. The van der Waals surface area contributed by atoms with E-state index in [9.17, 15) is 8.42 Å². The normalized spacial score (nSPS) is 19.9. The van der Waals surface area contributed by atoms with Crippen LogP contribution in [-0.2, 0) is 14.8 Å². The molecule has 0 aliphatic carbocycles. The summed E-state index contributed by atoms with van der Waals surface area (Å²) in [6.45, 7) is 2.49. The van der Waals surface area contributed by atoms with Crippen molar-refractivity contribution in [1.82, 2.24) is 0 Å². The minimum Gasteiger partial charge on any atom is -0.399 e. The van der Waals surface area contributed by atoms with E-state index < -0.39 is 10.0 Å². The summed E-state index contributed by atoms with van der Waals surface area (Å²) in [5.74, 6) is 0.0103. The lowest BCUT2D eigenvalue weighted by molar-refractivity contribution is 0.127. The van der Waals surface area contributed by atoms with Crippen molar-refractivity contribution in [3.63, 3.8) is 0 Å². The number of sulfonamides is 1. The van der Waals surface area contributed by atoms with Gasteiger partial charge in [-0.1, -0.05) is 0 Å². The molecule has 0 bridgehead atoms. The van der Waals surface area contributed by atoms with E-state index in [4.69, 9.17) is 10.5 Å². The fourth-order valence-corrected chi connectivity index (χ4v) is 3.30. The molecular weight excluding hydrogens is 252 g/mol. The van der Waals surface area contributed by atoms with Crippen LogP contribution in [0.1, 0.15) is 18.4 Å². The highest BCUT2D eigenvalue weighted by molar-refractivity contribution is 7.92. The van der Waals surface area contributed by atoms with Gasteiger partial charge in [0.1, 0.15) is 0 Å². The van der Waals surface area contributed by atoms with E-state index in [0.29, 0.717) is 18.0 Å². The number of anilines is 2. The van der Waals surface area contributed by atoms with Gasteiger partial charge in [0, 0.05) is 18.0 Å². The van der Waals surface area contributed by atoms with Gasteiger partial charge in [-0.3, -0.25) is 4.72 Å². The molecule has 1 saturated heterocycles. The second kappa shape index (κ2) is 5.16. The lowest BCUT2D eigenvalue weighted by Crippen LogP contribution is -2.25. The third kappa shape index (κ3) is 3.36. The zero-order chi connectivity index (χ0) is 13.2. The second-order valence-corrected chi connectivity index (χ2v) is 6.36. The van der Waals surface area contributed by atoms with Crippen molar-refractivity contribution in [3.8, 4) is 0 Å². The number of rotatable bonds is 4. The maximum Gasteiger partial charge on any atom is 0.235 e. The van der Waals surface area contributed by atoms with Crippen LogP contribution in [0.2, 0.25) is 0 Å². The summed E-state index contributed by atoms with van der Waals surface area (Å²) in [4.78, 5) is 0. The Labute approximate surface area is 107 Å². The Kier molecular flexibility index (Phi) is 3.77. The van der Waals surface area contributed by atoms with Crippen LogP contribution in [0.5, 0.6) is 0 Å². The lowest BCUT2D eigenvalue weighted by atomic mass is 10.2.